The molecule has 3 saturated heterocycles. The lowest BCUT2D eigenvalue weighted by atomic mass is 10.1. The van der Waals surface area contributed by atoms with Gasteiger partial charge in [0.05, 0.1) is 41.0 Å². The summed E-state index contributed by atoms with van der Waals surface area (Å²) in [6.45, 7) is 4.41. The van der Waals surface area contributed by atoms with Crippen molar-refractivity contribution in [3.63, 3.8) is 0 Å². The second-order valence-corrected chi connectivity index (χ2v) is 15.7. The molecule has 4 aliphatic rings. The van der Waals surface area contributed by atoms with E-state index < -0.39 is 29.6 Å². The number of hydrogen-bond acceptors (Lipinski definition) is 11. The number of pyridine rings is 1. The molecular formula is C40H41F3N12O2. The predicted octanol–water partition coefficient (Wildman–Crippen LogP) is 4.39. The van der Waals surface area contributed by atoms with E-state index in [2.05, 4.69) is 27.3 Å². The highest BCUT2D eigenvalue weighted by Crippen LogP contribution is 2.39. The van der Waals surface area contributed by atoms with Gasteiger partial charge in [0.15, 0.2) is 11.5 Å². The van der Waals surface area contributed by atoms with Gasteiger partial charge in [-0.05, 0) is 57.1 Å². The number of likely N-dealkylation sites (tertiary alicyclic amines) is 1. The molecule has 0 spiro atoms. The second-order valence-electron chi connectivity index (χ2n) is 15.7. The highest BCUT2D eigenvalue weighted by atomic mass is 19.1. The molecule has 0 unspecified atom stereocenters. The van der Waals surface area contributed by atoms with Crippen molar-refractivity contribution < 1.29 is 22.7 Å². The summed E-state index contributed by atoms with van der Waals surface area (Å²) in [6, 6.07) is 11.4. The molecule has 6 aromatic rings. The van der Waals surface area contributed by atoms with Crippen LogP contribution < -0.4 is 15.1 Å². The summed E-state index contributed by atoms with van der Waals surface area (Å²) in [5.74, 6) is 0.154. The normalized spacial score (nSPS) is 23.8. The number of anilines is 3. The Morgan fingerprint density at radius 1 is 0.860 bits per heavy atom. The molecule has 17 heteroatoms. The van der Waals surface area contributed by atoms with E-state index in [-0.39, 0.29) is 30.2 Å². The molecule has 4 aliphatic heterocycles. The zero-order chi connectivity index (χ0) is 39.3. The summed E-state index contributed by atoms with van der Waals surface area (Å²) in [4.78, 5) is 42.8. The average Bonchev–Trinajstić information content (AvgIpc) is 4.02. The van der Waals surface area contributed by atoms with E-state index in [1.165, 1.54) is 28.9 Å². The molecule has 6 bridgehead atoms. The summed E-state index contributed by atoms with van der Waals surface area (Å²) in [5.41, 5.74) is 2.80. The van der Waals surface area contributed by atoms with Crippen molar-refractivity contribution in [2.45, 2.75) is 56.6 Å². The Morgan fingerprint density at radius 2 is 1.72 bits per heavy atom. The van der Waals surface area contributed by atoms with Crippen LogP contribution in [0.25, 0.3) is 39.0 Å². The Balaban J connectivity index is 1.10. The third-order valence-corrected chi connectivity index (χ3v) is 12.1. The number of carbonyl (C=O) groups is 1. The first kappa shape index (κ1) is 35.6. The van der Waals surface area contributed by atoms with E-state index >= 15 is 8.78 Å². The van der Waals surface area contributed by atoms with Crippen LogP contribution in [0.4, 0.5) is 30.8 Å². The number of likely N-dealkylation sites (N-methyl/N-ethyl adjacent to an activating group) is 2. The van der Waals surface area contributed by atoms with Gasteiger partial charge in [-0.25, -0.2) is 27.8 Å². The van der Waals surface area contributed by atoms with E-state index in [1.54, 1.807) is 25.3 Å². The molecule has 0 saturated carbocycles. The number of aromatic nitrogens is 7. The molecule has 3 fully saturated rings. The fourth-order valence-corrected chi connectivity index (χ4v) is 9.28. The minimum Gasteiger partial charge on any atom is -0.378 e. The third-order valence-electron chi connectivity index (χ3n) is 12.1. The molecule has 294 valence electrons. The van der Waals surface area contributed by atoms with Gasteiger partial charge >= 0.3 is 0 Å². The number of piperazine rings is 1. The highest BCUT2D eigenvalue weighted by Gasteiger charge is 2.45. The number of nitrogens with one attached hydrogen (secondary N) is 1. The third kappa shape index (κ3) is 5.93. The Kier molecular flexibility index (Phi) is 8.37. The summed E-state index contributed by atoms with van der Waals surface area (Å²) >= 11 is 0. The number of imidazole rings is 1. The van der Waals surface area contributed by atoms with Crippen LogP contribution in [0.15, 0.2) is 54.7 Å². The Hall–Kier alpha value is -5.81. The van der Waals surface area contributed by atoms with Crippen molar-refractivity contribution >= 4 is 45.6 Å². The van der Waals surface area contributed by atoms with Gasteiger partial charge in [-0.1, -0.05) is 6.07 Å². The Bertz CT molecular complexity index is 2580. The van der Waals surface area contributed by atoms with Crippen LogP contribution in [0.2, 0.25) is 0 Å². The maximum Gasteiger partial charge on any atom is 0.245 e. The molecular weight excluding hydrogens is 738 g/mol. The van der Waals surface area contributed by atoms with Crippen LogP contribution in [0.1, 0.15) is 18.7 Å². The molecule has 57 heavy (non-hydrogen) atoms. The monoisotopic (exact) mass is 778 g/mol. The fraction of sp³-hybridized carbons (Fsp3) is 0.400. The maximum atomic E-state index is 15.3. The number of methoxy groups -OCH3 is 1. The van der Waals surface area contributed by atoms with Gasteiger partial charge in [0, 0.05) is 76.2 Å². The van der Waals surface area contributed by atoms with Crippen molar-refractivity contribution in [2.75, 3.05) is 62.5 Å². The topological polar surface area (TPSA) is 126 Å². The van der Waals surface area contributed by atoms with Gasteiger partial charge in [-0.3, -0.25) is 9.69 Å². The van der Waals surface area contributed by atoms with Gasteiger partial charge in [0.25, 0.3) is 0 Å². The first-order valence-corrected chi connectivity index (χ1v) is 19.2. The number of hydrogen-bond donors (Lipinski definition) is 1. The zero-order valence-corrected chi connectivity index (χ0v) is 31.9. The van der Waals surface area contributed by atoms with E-state index in [1.807, 2.05) is 34.6 Å². The van der Waals surface area contributed by atoms with Gasteiger partial charge in [-0.15, -0.1) is 0 Å². The molecule has 1 amide bonds. The lowest BCUT2D eigenvalue weighted by Crippen LogP contribution is -2.48. The van der Waals surface area contributed by atoms with Crippen LogP contribution in [0, 0.1) is 24.4 Å². The zero-order valence-electron chi connectivity index (χ0n) is 31.9. The van der Waals surface area contributed by atoms with E-state index in [0.29, 0.717) is 76.8 Å². The van der Waals surface area contributed by atoms with Crippen LogP contribution in [0.5, 0.6) is 0 Å². The first-order valence-electron chi connectivity index (χ1n) is 19.2. The summed E-state index contributed by atoms with van der Waals surface area (Å²) in [5, 5.41) is 8.65. The van der Waals surface area contributed by atoms with Crippen LogP contribution >= 0.6 is 0 Å². The lowest BCUT2D eigenvalue weighted by molar-refractivity contribution is -0.132. The quantitative estimate of drug-likeness (QED) is 0.274. The van der Waals surface area contributed by atoms with Crippen LogP contribution in [-0.4, -0.2) is 128 Å². The van der Waals surface area contributed by atoms with Crippen molar-refractivity contribution in [1.29, 1.82) is 0 Å². The average molecular weight is 779 g/mol. The molecule has 8 heterocycles. The Labute approximate surface area is 325 Å². The van der Waals surface area contributed by atoms with E-state index in [4.69, 9.17) is 24.7 Å². The number of carbonyl (C=O) groups excluding carboxylic acids is 1. The van der Waals surface area contributed by atoms with E-state index in [0.717, 1.165) is 31.1 Å². The highest BCUT2D eigenvalue weighted by molar-refractivity contribution is 5.94. The number of halogens is 3. The molecule has 5 atom stereocenters. The summed E-state index contributed by atoms with van der Waals surface area (Å²) in [7, 11) is 5.50. The van der Waals surface area contributed by atoms with Crippen molar-refractivity contribution in [3.05, 3.63) is 78.0 Å². The smallest absolute Gasteiger partial charge is 0.245 e. The number of rotatable bonds is 4. The van der Waals surface area contributed by atoms with Crippen molar-refractivity contribution in [2.24, 2.45) is 0 Å². The number of fused-ring (bicyclic) bond motifs is 8. The minimum atomic E-state index is -0.781. The molecule has 10 rings (SSSR count). The summed E-state index contributed by atoms with van der Waals surface area (Å²) < 4.78 is 53.9. The van der Waals surface area contributed by atoms with Crippen LogP contribution in [0.3, 0.4) is 0 Å². The van der Waals surface area contributed by atoms with E-state index in [9.17, 15) is 9.18 Å². The van der Waals surface area contributed by atoms with Gasteiger partial charge in [0.1, 0.15) is 40.8 Å². The maximum absolute atomic E-state index is 15.3. The number of amides is 1. The molecule has 1 N–H and O–H groups in total. The second kappa shape index (κ2) is 13.4. The Morgan fingerprint density at radius 3 is 2.49 bits per heavy atom. The standard InChI is InChI=1S/C40H41F3N12O2/c1-21-45-32-12-23(42)10-28-31-6-5-7-35(47-31)46-24-13-34(39(56)51(3)19-27(57-4)20-52(21)36(28)32)54(16-24)37-29-15-44-55(33-9-8-22(41)11-30(33)43)38(29)49-40(48-37)53-18-25-14-26(53)17-50(25)2/h5-12,15,24-27,34H,13-14,16-20H2,1-4H3,(H,46,47)/t24-,25+,26+,27-,34-/m0/s1. The van der Waals surface area contributed by atoms with Gasteiger partial charge in [0.2, 0.25) is 11.9 Å². The van der Waals surface area contributed by atoms with Crippen LogP contribution in [-0.2, 0) is 16.1 Å². The molecule has 2 aromatic carbocycles. The molecule has 0 radical (unpaired) electrons. The SMILES string of the molecule is CO[C@H]1CN(C)C(=O)[C@@H]2C[C@@H](CN2c2nc(N3C[C@H]4C[C@@H]3CN4C)nc3c2cnn3-c2ccc(F)cc2F)Nc2cccc(n2)-c2cc(F)cc3nc(C)n(c23)C1. The van der Waals surface area contributed by atoms with Crippen molar-refractivity contribution in [3.8, 4) is 16.9 Å². The summed E-state index contributed by atoms with van der Waals surface area (Å²) in [6.07, 6.45) is 2.51. The minimum absolute atomic E-state index is 0.0443. The number of aryl methyl sites for hydroxylation is 1. The fourth-order valence-electron chi connectivity index (χ4n) is 9.28. The van der Waals surface area contributed by atoms with Crippen molar-refractivity contribution in [1.82, 2.24) is 44.1 Å². The molecule has 0 aliphatic carbocycles. The number of nitrogens with zero attached hydrogens (tertiary/aromatic N) is 11. The van der Waals surface area contributed by atoms with Gasteiger partial charge < -0.3 is 29.3 Å². The molecule has 4 aromatic heterocycles. The number of benzene rings is 2. The predicted molar refractivity (Wildman–Crippen MR) is 208 cm³/mol. The molecule has 14 nitrogen and oxygen atoms in total. The largest absolute Gasteiger partial charge is 0.378 e. The number of ether oxygens (including phenoxy) is 1. The van der Waals surface area contributed by atoms with Gasteiger partial charge in [-0.2, -0.15) is 15.1 Å². The first-order chi connectivity index (χ1) is 27.5. The lowest BCUT2D eigenvalue weighted by Gasteiger charge is -2.33.